The van der Waals surface area contributed by atoms with E-state index in [-0.39, 0.29) is 0 Å². The molecule has 1 radical (unpaired) electrons. The second-order valence-electron chi connectivity index (χ2n) is 6.13. The molecule has 4 nitrogen and oxygen atoms in total. The van der Waals surface area contributed by atoms with E-state index in [1.165, 1.54) is 0 Å². The Bertz CT molecular complexity index is 1100. The predicted octanol–water partition coefficient (Wildman–Crippen LogP) is 5.21. The first-order chi connectivity index (χ1) is 12.3. The summed E-state index contributed by atoms with van der Waals surface area (Å²) in [4.78, 5) is 8.56. The van der Waals surface area contributed by atoms with Crippen LogP contribution in [0, 0.1) is 13.6 Å². The maximum atomic E-state index is 6.09. The van der Waals surface area contributed by atoms with Crippen molar-refractivity contribution in [1.29, 1.82) is 0 Å². The highest BCUT2D eigenvalue weighted by Crippen LogP contribution is 2.39. The van der Waals surface area contributed by atoms with Gasteiger partial charge in [0.1, 0.15) is 0 Å². The van der Waals surface area contributed by atoms with Crippen LogP contribution in [0.15, 0.2) is 77.6 Å². The topological polar surface area (TPSA) is 32.5 Å². The van der Waals surface area contributed by atoms with Crippen LogP contribution in [0.1, 0.15) is 5.56 Å². The minimum Gasteiger partial charge on any atom is -0.435 e. The molecule has 0 unspecified atom stereocenters. The highest BCUT2D eigenvalue weighted by Gasteiger charge is 2.22. The average molecular weight is 326 g/mol. The zero-order chi connectivity index (χ0) is 16.8. The van der Waals surface area contributed by atoms with Gasteiger partial charge in [-0.25, -0.2) is 4.98 Å². The Morgan fingerprint density at radius 1 is 0.840 bits per heavy atom. The molecule has 0 atom stereocenters. The van der Waals surface area contributed by atoms with E-state index in [0.717, 1.165) is 33.3 Å². The highest BCUT2D eigenvalue weighted by molar-refractivity contribution is 6.08. The molecule has 0 spiro atoms. The van der Waals surface area contributed by atoms with Crippen molar-refractivity contribution in [2.24, 2.45) is 0 Å². The summed E-state index contributed by atoms with van der Waals surface area (Å²) in [7, 11) is 0. The molecule has 4 aromatic rings. The van der Waals surface area contributed by atoms with E-state index in [1.54, 1.807) is 6.20 Å². The highest BCUT2D eigenvalue weighted by atomic mass is 16.3. The lowest BCUT2D eigenvalue weighted by molar-refractivity contribution is 0.653. The van der Waals surface area contributed by atoms with Crippen LogP contribution in [-0.2, 0) is 0 Å². The van der Waals surface area contributed by atoms with E-state index in [4.69, 9.17) is 4.42 Å². The molecule has 0 bridgehead atoms. The Morgan fingerprint density at radius 3 is 2.56 bits per heavy atom. The van der Waals surface area contributed by atoms with Gasteiger partial charge in [-0.3, -0.25) is 0 Å². The average Bonchev–Trinajstić information content (AvgIpc) is 3.27. The van der Waals surface area contributed by atoms with Gasteiger partial charge in [-0.1, -0.05) is 30.3 Å². The molecule has 0 N–H and O–H groups in total. The first-order valence-corrected chi connectivity index (χ1v) is 8.23. The molecule has 0 saturated heterocycles. The van der Waals surface area contributed by atoms with Gasteiger partial charge in [0.05, 0.1) is 5.69 Å². The third-order valence-corrected chi connectivity index (χ3v) is 4.54. The lowest BCUT2D eigenvalue weighted by Crippen LogP contribution is -2.18. The molecule has 1 aliphatic rings. The zero-order valence-electron chi connectivity index (χ0n) is 13.8. The fourth-order valence-electron chi connectivity index (χ4n) is 3.32. The fraction of sp³-hybridized carbons (Fsp3) is 0.0476. The van der Waals surface area contributed by atoms with Crippen LogP contribution in [0.4, 0.5) is 11.4 Å². The van der Waals surface area contributed by atoms with Crippen molar-refractivity contribution in [3.8, 4) is 0 Å². The number of aryl methyl sites for hydroxylation is 1. The molecule has 3 heterocycles. The van der Waals surface area contributed by atoms with Gasteiger partial charge < -0.3 is 14.2 Å². The van der Waals surface area contributed by atoms with Crippen molar-refractivity contribution >= 4 is 33.4 Å². The number of para-hydroxylation sites is 1. The summed E-state index contributed by atoms with van der Waals surface area (Å²) in [6.45, 7) is 4.17. The number of pyridine rings is 1. The summed E-state index contributed by atoms with van der Waals surface area (Å²) < 4.78 is 6.09. The lowest BCUT2D eigenvalue weighted by Gasteiger charge is -2.21. The van der Waals surface area contributed by atoms with E-state index in [2.05, 4.69) is 65.0 Å². The maximum Gasteiger partial charge on any atom is 0.227 e. The molecule has 1 aliphatic heterocycles. The van der Waals surface area contributed by atoms with Crippen molar-refractivity contribution in [3.05, 3.63) is 85.4 Å². The molecule has 25 heavy (non-hydrogen) atoms. The number of hydrogen-bond acceptors (Lipinski definition) is 4. The molecule has 2 aromatic heterocycles. The van der Waals surface area contributed by atoms with Gasteiger partial charge in [0, 0.05) is 35.1 Å². The van der Waals surface area contributed by atoms with Gasteiger partial charge in [0.15, 0.2) is 12.3 Å². The van der Waals surface area contributed by atoms with Crippen LogP contribution in [0.3, 0.4) is 0 Å². The smallest absolute Gasteiger partial charge is 0.227 e. The van der Waals surface area contributed by atoms with Gasteiger partial charge in [-0.05, 0) is 36.8 Å². The first-order valence-electron chi connectivity index (χ1n) is 8.23. The normalized spacial score (nSPS) is 14.1. The van der Waals surface area contributed by atoms with Crippen molar-refractivity contribution in [2.75, 3.05) is 9.80 Å². The number of aromatic nitrogens is 1. The van der Waals surface area contributed by atoms with Crippen molar-refractivity contribution < 1.29 is 4.42 Å². The fourth-order valence-corrected chi connectivity index (χ4v) is 3.32. The maximum absolute atomic E-state index is 6.09. The molecule has 0 aliphatic carbocycles. The molecule has 0 amide bonds. The van der Waals surface area contributed by atoms with E-state index in [0.29, 0.717) is 5.71 Å². The molecule has 121 valence electrons. The van der Waals surface area contributed by atoms with Gasteiger partial charge in [-0.2, -0.15) is 0 Å². The summed E-state index contributed by atoms with van der Waals surface area (Å²) >= 11 is 0. The quantitative estimate of drug-likeness (QED) is 0.506. The van der Waals surface area contributed by atoms with Crippen LogP contribution >= 0.6 is 0 Å². The third kappa shape index (κ3) is 2.18. The van der Waals surface area contributed by atoms with Crippen molar-refractivity contribution in [2.45, 2.75) is 6.92 Å². The van der Waals surface area contributed by atoms with Gasteiger partial charge in [0.2, 0.25) is 5.71 Å². The van der Waals surface area contributed by atoms with Gasteiger partial charge in [-0.15, -0.1) is 0 Å². The molecule has 4 heteroatoms. The van der Waals surface area contributed by atoms with Gasteiger partial charge in [0.25, 0.3) is 0 Å². The number of hydrogen-bond donors (Lipinski definition) is 0. The minimum atomic E-state index is 0.674. The molecule has 2 aromatic carbocycles. The van der Waals surface area contributed by atoms with Crippen LogP contribution < -0.4 is 9.80 Å². The van der Waals surface area contributed by atoms with E-state index in [1.807, 2.05) is 30.3 Å². The van der Waals surface area contributed by atoms with Crippen molar-refractivity contribution in [3.63, 3.8) is 0 Å². The number of nitrogens with zero attached hydrogens (tertiary/aromatic N) is 3. The summed E-state index contributed by atoms with van der Waals surface area (Å²) in [5.41, 5.74) is 4.86. The van der Waals surface area contributed by atoms with Crippen LogP contribution in [0.2, 0.25) is 0 Å². The predicted molar refractivity (Wildman–Crippen MR) is 101 cm³/mol. The number of furan rings is 1. The van der Waals surface area contributed by atoms with Crippen LogP contribution in [0.25, 0.3) is 22.1 Å². The van der Waals surface area contributed by atoms with E-state index < -0.39 is 0 Å². The number of rotatable bonds is 2. The van der Waals surface area contributed by atoms with Crippen LogP contribution in [0.5, 0.6) is 0 Å². The zero-order valence-corrected chi connectivity index (χ0v) is 13.8. The second kappa shape index (κ2) is 5.38. The SMILES string of the molecule is Cc1ccc2c(oc3ncccc32)c1N1[CH]N(c2ccccc2)C=C1. The lowest BCUT2D eigenvalue weighted by atomic mass is 10.1. The molecule has 0 fully saturated rings. The number of benzene rings is 2. The largest absolute Gasteiger partial charge is 0.435 e. The number of fused-ring (bicyclic) bond motifs is 3. The van der Waals surface area contributed by atoms with Crippen LogP contribution in [-0.4, -0.2) is 4.98 Å². The monoisotopic (exact) mass is 326 g/mol. The minimum absolute atomic E-state index is 0.674. The first kappa shape index (κ1) is 14.1. The Balaban J connectivity index is 1.61. The molecular weight excluding hydrogens is 310 g/mol. The molecule has 0 saturated carbocycles. The van der Waals surface area contributed by atoms with Crippen molar-refractivity contribution in [1.82, 2.24) is 4.98 Å². The van der Waals surface area contributed by atoms with E-state index in [9.17, 15) is 0 Å². The Labute approximate surface area is 145 Å². The Morgan fingerprint density at radius 2 is 1.68 bits per heavy atom. The summed E-state index contributed by atoms with van der Waals surface area (Å²) in [6, 6.07) is 18.5. The Kier molecular flexibility index (Phi) is 3.04. The third-order valence-electron chi connectivity index (χ3n) is 4.54. The summed E-state index contributed by atoms with van der Waals surface area (Å²) in [5.74, 6) is 0. The second-order valence-corrected chi connectivity index (χ2v) is 6.13. The summed E-state index contributed by atoms with van der Waals surface area (Å²) in [5, 5.41) is 2.13. The molecular formula is C21H16N3O. The Hall–Kier alpha value is -3.27. The number of anilines is 2. The summed E-state index contributed by atoms with van der Waals surface area (Å²) in [6.07, 6.45) is 5.86. The standard InChI is InChI=1S/C21H16N3O/c1-15-9-10-17-18-8-5-11-22-21(18)25-20(17)19(15)24-13-12-23(14-24)16-6-3-2-4-7-16/h2-14H,1H3. The molecule has 5 rings (SSSR count). The van der Waals surface area contributed by atoms with E-state index >= 15 is 0 Å². The van der Waals surface area contributed by atoms with Gasteiger partial charge >= 0.3 is 0 Å².